The van der Waals surface area contributed by atoms with Crippen LogP contribution in [0.1, 0.15) is 50.3 Å². The Kier molecular flexibility index (Phi) is 7.71. The molecule has 0 spiro atoms. The van der Waals surface area contributed by atoms with Crippen LogP contribution in [0.3, 0.4) is 0 Å². The predicted molar refractivity (Wildman–Crippen MR) is 138 cm³/mol. The lowest BCUT2D eigenvalue weighted by molar-refractivity contribution is -0.385. The van der Waals surface area contributed by atoms with Gasteiger partial charge in [-0.2, -0.15) is 0 Å². The molecule has 0 radical (unpaired) electrons. The minimum absolute atomic E-state index is 0.160. The van der Waals surface area contributed by atoms with Gasteiger partial charge in [0.05, 0.1) is 9.85 Å². The highest BCUT2D eigenvalue weighted by Crippen LogP contribution is 2.24. The van der Waals surface area contributed by atoms with Crippen molar-refractivity contribution in [1.82, 2.24) is 4.90 Å². The Hall–Kier alpha value is -5.13. The van der Waals surface area contributed by atoms with Crippen LogP contribution in [0.25, 0.3) is 0 Å². The van der Waals surface area contributed by atoms with E-state index in [0.717, 1.165) is 19.3 Å². The zero-order chi connectivity index (χ0) is 27.2. The summed E-state index contributed by atoms with van der Waals surface area (Å²) in [6.45, 7) is 1.20. The number of likely N-dealkylation sites (tertiary alicyclic amines) is 1. The highest BCUT2D eigenvalue weighted by molar-refractivity contribution is 6.08. The standard InChI is InChI=1S/C26H23N5O7/c32-24(17-4-8-22(9-5-17)30(35)36)27-20-14-19(26(34)29-12-2-1-3-13-29)15-21(16-20)28-25(33)18-6-10-23(11-7-18)31(37)38/h4-11,14-16H,1-3,12-13H2,(H,27,32)(H,28,33). The first-order valence-corrected chi connectivity index (χ1v) is 11.8. The van der Waals surface area contributed by atoms with E-state index in [9.17, 15) is 34.6 Å². The van der Waals surface area contributed by atoms with E-state index in [1.165, 1.54) is 66.7 Å². The number of carbonyl (C=O) groups is 3. The molecule has 0 bridgehead atoms. The number of rotatable bonds is 7. The summed E-state index contributed by atoms with van der Waals surface area (Å²) >= 11 is 0. The molecule has 12 heteroatoms. The van der Waals surface area contributed by atoms with Crippen molar-refractivity contribution >= 4 is 40.5 Å². The SMILES string of the molecule is O=C(Nc1cc(NC(=O)c2ccc([N+](=O)[O-])cc2)cc(C(=O)N2CCCCC2)c1)c1ccc([N+](=O)[O-])cc1. The fourth-order valence-corrected chi connectivity index (χ4v) is 4.05. The third kappa shape index (κ3) is 6.16. The van der Waals surface area contributed by atoms with Gasteiger partial charge in [0, 0.05) is 65.4 Å². The van der Waals surface area contributed by atoms with Gasteiger partial charge in [0.25, 0.3) is 29.1 Å². The minimum Gasteiger partial charge on any atom is -0.339 e. The Morgan fingerprint density at radius 1 is 0.632 bits per heavy atom. The molecule has 0 unspecified atom stereocenters. The minimum atomic E-state index is -0.572. The van der Waals surface area contributed by atoms with E-state index in [0.29, 0.717) is 13.1 Å². The highest BCUT2D eigenvalue weighted by atomic mass is 16.6. The lowest BCUT2D eigenvalue weighted by atomic mass is 10.1. The second kappa shape index (κ2) is 11.3. The van der Waals surface area contributed by atoms with Gasteiger partial charge in [-0.05, 0) is 61.7 Å². The number of hydrogen-bond donors (Lipinski definition) is 2. The molecule has 0 aliphatic carbocycles. The largest absolute Gasteiger partial charge is 0.339 e. The number of piperidine rings is 1. The summed E-state index contributed by atoms with van der Waals surface area (Å²) < 4.78 is 0. The van der Waals surface area contributed by atoms with E-state index in [1.54, 1.807) is 4.90 Å². The Morgan fingerprint density at radius 2 is 1.05 bits per heavy atom. The molecule has 3 amide bonds. The summed E-state index contributed by atoms with van der Waals surface area (Å²) in [4.78, 5) is 61.1. The highest BCUT2D eigenvalue weighted by Gasteiger charge is 2.21. The molecule has 1 aliphatic heterocycles. The fraction of sp³-hybridized carbons (Fsp3) is 0.192. The van der Waals surface area contributed by atoms with Crippen LogP contribution in [0.4, 0.5) is 22.7 Å². The average Bonchev–Trinajstić information content (AvgIpc) is 2.93. The quantitative estimate of drug-likeness (QED) is 0.340. The Labute approximate surface area is 216 Å². The fourth-order valence-electron chi connectivity index (χ4n) is 4.05. The number of nitro groups is 2. The van der Waals surface area contributed by atoms with Gasteiger partial charge in [-0.3, -0.25) is 34.6 Å². The van der Waals surface area contributed by atoms with Gasteiger partial charge in [0.1, 0.15) is 0 Å². The molecule has 12 nitrogen and oxygen atoms in total. The number of non-ortho nitro benzene ring substituents is 2. The average molecular weight is 517 g/mol. The molecule has 0 atom stereocenters. The maximum absolute atomic E-state index is 13.2. The normalized spacial score (nSPS) is 12.9. The van der Waals surface area contributed by atoms with Gasteiger partial charge in [-0.15, -0.1) is 0 Å². The summed E-state index contributed by atoms with van der Waals surface area (Å²) in [7, 11) is 0. The number of nitrogens with one attached hydrogen (secondary N) is 2. The Morgan fingerprint density at radius 3 is 1.45 bits per heavy atom. The molecule has 1 saturated heterocycles. The Balaban J connectivity index is 1.60. The van der Waals surface area contributed by atoms with Crippen molar-refractivity contribution in [3.8, 4) is 0 Å². The molecule has 3 aromatic carbocycles. The monoisotopic (exact) mass is 517 g/mol. The molecule has 2 N–H and O–H groups in total. The van der Waals surface area contributed by atoms with E-state index < -0.39 is 21.7 Å². The van der Waals surface area contributed by atoms with E-state index in [1.807, 2.05) is 0 Å². The van der Waals surface area contributed by atoms with E-state index in [4.69, 9.17) is 0 Å². The van der Waals surface area contributed by atoms with E-state index >= 15 is 0 Å². The molecule has 1 aliphatic rings. The second-order valence-corrected chi connectivity index (χ2v) is 8.67. The molecule has 3 aromatic rings. The van der Waals surface area contributed by atoms with Crippen LogP contribution in [-0.2, 0) is 0 Å². The number of anilines is 2. The van der Waals surface area contributed by atoms with Crippen molar-refractivity contribution in [3.05, 3.63) is 104 Å². The first kappa shape index (κ1) is 25.9. The van der Waals surface area contributed by atoms with Crippen molar-refractivity contribution in [2.24, 2.45) is 0 Å². The van der Waals surface area contributed by atoms with Crippen LogP contribution < -0.4 is 10.6 Å². The van der Waals surface area contributed by atoms with Gasteiger partial charge >= 0.3 is 0 Å². The maximum atomic E-state index is 13.2. The molecule has 38 heavy (non-hydrogen) atoms. The molecule has 1 heterocycles. The number of carbonyl (C=O) groups excluding carboxylic acids is 3. The first-order valence-electron chi connectivity index (χ1n) is 11.8. The maximum Gasteiger partial charge on any atom is 0.269 e. The zero-order valence-corrected chi connectivity index (χ0v) is 20.1. The van der Waals surface area contributed by atoms with Gasteiger partial charge in [-0.1, -0.05) is 0 Å². The summed E-state index contributed by atoms with van der Waals surface area (Å²) in [5, 5.41) is 27.1. The predicted octanol–water partition coefficient (Wildman–Crippen LogP) is 4.63. The summed E-state index contributed by atoms with van der Waals surface area (Å²) in [6, 6.07) is 14.6. The number of nitro benzene ring substituents is 2. The molecule has 1 fully saturated rings. The van der Waals surface area contributed by atoms with Crippen LogP contribution in [-0.4, -0.2) is 45.6 Å². The number of benzene rings is 3. The molecule has 0 aromatic heterocycles. The van der Waals surface area contributed by atoms with Crippen LogP contribution in [0.5, 0.6) is 0 Å². The third-order valence-corrected chi connectivity index (χ3v) is 6.02. The van der Waals surface area contributed by atoms with Gasteiger partial charge < -0.3 is 15.5 Å². The van der Waals surface area contributed by atoms with Crippen molar-refractivity contribution in [1.29, 1.82) is 0 Å². The smallest absolute Gasteiger partial charge is 0.269 e. The molecule has 0 saturated carbocycles. The summed E-state index contributed by atoms with van der Waals surface area (Å²) in [5.74, 6) is -1.37. The van der Waals surface area contributed by atoms with E-state index in [2.05, 4.69) is 10.6 Å². The molecular formula is C26H23N5O7. The molecule has 4 rings (SSSR count). The number of hydrogen-bond acceptors (Lipinski definition) is 7. The van der Waals surface area contributed by atoms with Crippen LogP contribution in [0.15, 0.2) is 66.7 Å². The zero-order valence-electron chi connectivity index (χ0n) is 20.1. The van der Waals surface area contributed by atoms with Crippen molar-refractivity contribution in [3.63, 3.8) is 0 Å². The van der Waals surface area contributed by atoms with Crippen LogP contribution >= 0.6 is 0 Å². The number of amides is 3. The van der Waals surface area contributed by atoms with Crippen molar-refractivity contribution in [2.75, 3.05) is 23.7 Å². The van der Waals surface area contributed by atoms with Crippen molar-refractivity contribution in [2.45, 2.75) is 19.3 Å². The van der Waals surface area contributed by atoms with Gasteiger partial charge in [-0.25, -0.2) is 0 Å². The van der Waals surface area contributed by atoms with E-state index in [-0.39, 0.29) is 45.3 Å². The first-order chi connectivity index (χ1) is 18.2. The van der Waals surface area contributed by atoms with Crippen LogP contribution in [0.2, 0.25) is 0 Å². The van der Waals surface area contributed by atoms with Crippen molar-refractivity contribution < 1.29 is 24.2 Å². The lowest BCUT2D eigenvalue weighted by Gasteiger charge is -2.27. The molecular weight excluding hydrogens is 494 g/mol. The Bertz CT molecular complexity index is 1310. The summed E-state index contributed by atoms with van der Waals surface area (Å²) in [6.07, 6.45) is 2.80. The third-order valence-electron chi connectivity index (χ3n) is 6.02. The molecule has 194 valence electrons. The van der Waals surface area contributed by atoms with Crippen LogP contribution in [0, 0.1) is 20.2 Å². The summed E-state index contributed by atoms with van der Waals surface area (Å²) in [5.41, 5.74) is 0.733. The van der Waals surface area contributed by atoms with Gasteiger partial charge in [0.15, 0.2) is 0 Å². The number of nitrogens with zero attached hydrogens (tertiary/aromatic N) is 3. The lowest BCUT2D eigenvalue weighted by Crippen LogP contribution is -2.35. The topological polar surface area (TPSA) is 165 Å². The van der Waals surface area contributed by atoms with Gasteiger partial charge in [0.2, 0.25) is 0 Å². The second-order valence-electron chi connectivity index (χ2n) is 8.67.